The van der Waals surface area contributed by atoms with Gasteiger partial charge in [0.05, 0.1) is 0 Å². The van der Waals surface area contributed by atoms with E-state index in [9.17, 15) is 9.59 Å². The van der Waals surface area contributed by atoms with Gasteiger partial charge in [-0.05, 0) is 24.6 Å². The van der Waals surface area contributed by atoms with Crippen molar-refractivity contribution in [1.29, 1.82) is 0 Å². The number of hydrogen-bond acceptors (Lipinski definition) is 2. The number of amides is 2. The van der Waals surface area contributed by atoms with E-state index in [1.165, 1.54) is 4.90 Å². The molecular weight excluding hydrogens is 275 g/mol. The predicted molar refractivity (Wildman–Crippen MR) is 69.5 cm³/mol. The van der Waals surface area contributed by atoms with E-state index >= 15 is 0 Å². The Bertz CT molecular complexity index is 505. The van der Waals surface area contributed by atoms with E-state index in [4.69, 9.17) is 23.2 Å². The van der Waals surface area contributed by atoms with Crippen molar-refractivity contribution < 1.29 is 9.59 Å². The molecule has 96 valence electrons. The highest BCUT2D eigenvalue weighted by Crippen LogP contribution is 2.22. The first-order valence-corrected chi connectivity index (χ1v) is 6.26. The second-order valence-electron chi connectivity index (χ2n) is 4.30. The highest BCUT2D eigenvalue weighted by molar-refractivity contribution is 6.36. The van der Waals surface area contributed by atoms with Crippen molar-refractivity contribution >= 4 is 35.0 Å². The first-order valence-electron chi connectivity index (χ1n) is 5.51. The minimum Gasteiger partial charge on any atom is -0.344 e. The van der Waals surface area contributed by atoms with E-state index in [1.54, 1.807) is 18.2 Å². The number of nitrogens with zero attached hydrogens (tertiary/aromatic N) is 1. The summed E-state index contributed by atoms with van der Waals surface area (Å²) in [6, 6.07) is 5.04. The van der Waals surface area contributed by atoms with Crippen molar-refractivity contribution in [3.8, 4) is 0 Å². The third kappa shape index (κ3) is 2.76. The second kappa shape index (κ2) is 5.16. The molecule has 1 atom stereocenters. The van der Waals surface area contributed by atoms with Crippen LogP contribution in [0.3, 0.4) is 0 Å². The number of carbonyl (C=O) groups is 2. The van der Waals surface area contributed by atoms with E-state index in [1.807, 2.05) is 6.92 Å². The summed E-state index contributed by atoms with van der Waals surface area (Å²) in [4.78, 5) is 24.6. The molecule has 0 unspecified atom stereocenters. The minimum absolute atomic E-state index is 0.0544. The van der Waals surface area contributed by atoms with Gasteiger partial charge in [-0.25, -0.2) is 0 Å². The summed E-state index contributed by atoms with van der Waals surface area (Å²) >= 11 is 11.9. The number of halogens is 2. The smallest absolute Gasteiger partial charge is 0.312 e. The lowest BCUT2D eigenvalue weighted by Gasteiger charge is -2.31. The zero-order valence-electron chi connectivity index (χ0n) is 9.74. The van der Waals surface area contributed by atoms with E-state index in [2.05, 4.69) is 5.32 Å². The molecule has 1 aromatic rings. The molecule has 6 heteroatoms. The Hall–Kier alpha value is -1.26. The fourth-order valence-electron chi connectivity index (χ4n) is 1.88. The Morgan fingerprint density at radius 1 is 1.39 bits per heavy atom. The molecule has 1 N–H and O–H groups in total. The van der Waals surface area contributed by atoms with Crippen molar-refractivity contribution in [2.24, 2.45) is 0 Å². The van der Waals surface area contributed by atoms with E-state index in [0.717, 1.165) is 5.56 Å². The topological polar surface area (TPSA) is 49.4 Å². The zero-order chi connectivity index (χ0) is 13.3. The van der Waals surface area contributed by atoms with Gasteiger partial charge in [0.2, 0.25) is 0 Å². The van der Waals surface area contributed by atoms with Gasteiger partial charge in [0.15, 0.2) is 0 Å². The summed E-state index contributed by atoms with van der Waals surface area (Å²) in [5.74, 6) is -1.10. The molecule has 0 spiro atoms. The fourth-order valence-corrected chi connectivity index (χ4v) is 2.35. The third-order valence-electron chi connectivity index (χ3n) is 2.73. The highest BCUT2D eigenvalue weighted by atomic mass is 35.5. The Morgan fingerprint density at radius 3 is 2.78 bits per heavy atom. The van der Waals surface area contributed by atoms with Gasteiger partial charge in [0.25, 0.3) is 0 Å². The minimum atomic E-state index is -0.571. The van der Waals surface area contributed by atoms with Crippen LogP contribution in [-0.4, -0.2) is 29.3 Å². The molecule has 1 aliphatic rings. The molecule has 0 aromatic heterocycles. The standard InChI is InChI=1S/C12H12Cl2N2O2/c1-7-5-16(12(18)11(17)15-7)6-8-2-3-9(13)4-10(8)14/h2-4,7H,5-6H2,1H3,(H,15,17)/t7-/m1/s1. The molecule has 1 heterocycles. The van der Waals surface area contributed by atoms with Crippen LogP contribution in [-0.2, 0) is 16.1 Å². The van der Waals surface area contributed by atoms with E-state index in [0.29, 0.717) is 23.1 Å². The van der Waals surface area contributed by atoms with Crippen molar-refractivity contribution in [3.63, 3.8) is 0 Å². The maximum Gasteiger partial charge on any atom is 0.312 e. The van der Waals surface area contributed by atoms with E-state index in [-0.39, 0.29) is 6.04 Å². The number of benzene rings is 1. The molecule has 0 aliphatic carbocycles. The number of piperazine rings is 1. The molecule has 1 aromatic carbocycles. The Labute approximate surface area is 115 Å². The van der Waals surface area contributed by atoms with Gasteiger partial charge in [-0.1, -0.05) is 29.3 Å². The molecule has 18 heavy (non-hydrogen) atoms. The number of nitrogens with one attached hydrogen (secondary N) is 1. The lowest BCUT2D eigenvalue weighted by molar-refractivity contribution is -0.149. The average Bonchev–Trinajstić information content (AvgIpc) is 2.29. The van der Waals surface area contributed by atoms with Gasteiger partial charge < -0.3 is 10.2 Å². The number of hydrogen-bond donors (Lipinski definition) is 1. The summed E-state index contributed by atoms with van der Waals surface area (Å²) in [6.45, 7) is 2.64. The Morgan fingerprint density at radius 2 is 2.11 bits per heavy atom. The molecule has 0 bridgehead atoms. The van der Waals surface area contributed by atoms with Gasteiger partial charge in [0.1, 0.15) is 0 Å². The largest absolute Gasteiger partial charge is 0.344 e. The average molecular weight is 287 g/mol. The summed E-state index contributed by atoms with van der Waals surface area (Å²) < 4.78 is 0. The summed E-state index contributed by atoms with van der Waals surface area (Å²) in [5, 5.41) is 3.62. The van der Waals surface area contributed by atoms with Crippen LogP contribution in [0.2, 0.25) is 10.0 Å². The monoisotopic (exact) mass is 286 g/mol. The van der Waals surface area contributed by atoms with Gasteiger partial charge in [0, 0.05) is 29.2 Å². The van der Waals surface area contributed by atoms with E-state index < -0.39 is 11.8 Å². The van der Waals surface area contributed by atoms with Crippen LogP contribution in [0.25, 0.3) is 0 Å². The Kier molecular flexibility index (Phi) is 3.78. The molecule has 0 radical (unpaired) electrons. The molecule has 2 amide bonds. The molecule has 2 rings (SSSR count). The van der Waals surface area contributed by atoms with Crippen molar-refractivity contribution in [3.05, 3.63) is 33.8 Å². The summed E-state index contributed by atoms with van der Waals surface area (Å²) in [7, 11) is 0. The van der Waals surface area contributed by atoms with Crippen LogP contribution in [0.4, 0.5) is 0 Å². The van der Waals surface area contributed by atoms with Crippen LogP contribution in [0, 0.1) is 0 Å². The van der Waals surface area contributed by atoms with Crippen molar-refractivity contribution in [2.45, 2.75) is 19.5 Å². The molecule has 1 aliphatic heterocycles. The predicted octanol–water partition coefficient (Wildman–Crippen LogP) is 1.84. The number of rotatable bonds is 2. The van der Waals surface area contributed by atoms with Gasteiger partial charge in [-0.2, -0.15) is 0 Å². The summed E-state index contributed by atoms with van der Waals surface area (Å²) in [5.41, 5.74) is 0.774. The summed E-state index contributed by atoms with van der Waals surface area (Å²) in [6.07, 6.45) is 0. The van der Waals surface area contributed by atoms with Crippen LogP contribution in [0.1, 0.15) is 12.5 Å². The number of carbonyl (C=O) groups excluding carboxylic acids is 2. The lowest BCUT2D eigenvalue weighted by Crippen LogP contribution is -2.56. The maximum atomic E-state index is 11.7. The zero-order valence-corrected chi connectivity index (χ0v) is 11.3. The third-order valence-corrected chi connectivity index (χ3v) is 3.32. The molecular formula is C12H12Cl2N2O2. The first kappa shape index (κ1) is 13.2. The molecule has 1 saturated heterocycles. The van der Waals surface area contributed by atoms with Crippen LogP contribution >= 0.6 is 23.2 Å². The lowest BCUT2D eigenvalue weighted by atomic mass is 10.1. The van der Waals surface area contributed by atoms with Crippen LogP contribution in [0.5, 0.6) is 0 Å². The molecule has 4 nitrogen and oxygen atoms in total. The molecule has 0 saturated carbocycles. The van der Waals surface area contributed by atoms with Gasteiger partial charge in [-0.15, -0.1) is 0 Å². The maximum absolute atomic E-state index is 11.7. The fraction of sp³-hybridized carbons (Fsp3) is 0.333. The highest BCUT2D eigenvalue weighted by Gasteiger charge is 2.30. The Balaban J connectivity index is 2.17. The van der Waals surface area contributed by atoms with Crippen LogP contribution < -0.4 is 5.32 Å². The van der Waals surface area contributed by atoms with Crippen molar-refractivity contribution in [2.75, 3.05) is 6.54 Å². The van der Waals surface area contributed by atoms with Crippen molar-refractivity contribution in [1.82, 2.24) is 10.2 Å². The first-order chi connectivity index (χ1) is 8.47. The van der Waals surface area contributed by atoms with Gasteiger partial charge in [-0.3, -0.25) is 9.59 Å². The van der Waals surface area contributed by atoms with Gasteiger partial charge >= 0.3 is 11.8 Å². The second-order valence-corrected chi connectivity index (χ2v) is 5.14. The molecule has 1 fully saturated rings. The van der Waals surface area contributed by atoms with Crippen LogP contribution in [0.15, 0.2) is 18.2 Å². The SMILES string of the molecule is C[C@@H]1CN(Cc2ccc(Cl)cc2Cl)C(=O)C(=O)N1. The normalized spacial score (nSPS) is 19.9. The quantitative estimate of drug-likeness (QED) is 0.844.